The highest BCUT2D eigenvalue weighted by atomic mass is 16.4. The maximum absolute atomic E-state index is 12.3. The third kappa shape index (κ3) is 2.59. The van der Waals surface area contributed by atoms with Crippen LogP contribution in [0.1, 0.15) is 31.7 Å². The Kier molecular flexibility index (Phi) is 3.93. The molecule has 0 radical (unpaired) electrons. The van der Waals surface area contributed by atoms with Crippen molar-refractivity contribution in [1.82, 2.24) is 15.1 Å². The second-order valence-electron chi connectivity index (χ2n) is 6.03. The van der Waals surface area contributed by atoms with Crippen LogP contribution in [0.3, 0.4) is 0 Å². The summed E-state index contributed by atoms with van der Waals surface area (Å²) in [5.41, 5.74) is 1.32. The molecule has 1 unspecified atom stereocenters. The Morgan fingerprint density at radius 1 is 1.43 bits per heavy atom. The zero-order valence-electron chi connectivity index (χ0n) is 12.9. The van der Waals surface area contributed by atoms with Crippen molar-refractivity contribution >= 4 is 17.7 Å². The number of nitrogens with zero attached hydrogens (tertiary/aromatic N) is 2. The van der Waals surface area contributed by atoms with E-state index in [9.17, 15) is 14.7 Å². The fraction of sp³-hybridized carbons (Fsp3) is 0.643. The summed E-state index contributed by atoms with van der Waals surface area (Å²) in [4.78, 5) is 25.5. The predicted octanol–water partition coefficient (Wildman–Crippen LogP) is 1.99. The van der Waals surface area contributed by atoms with E-state index in [0.29, 0.717) is 24.3 Å². The van der Waals surface area contributed by atoms with Gasteiger partial charge in [-0.15, -0.1) is 0 Å². The highest BCUT2D eigenvalue weighted by Crippen LogP contribution is 2.38. The van der Waals surface area contributed by atoms with Gasteiger partial charge in [0.05, 0.1) is 22.5 Å². The molecule has 1 fully saturated rings. The molecule has 116 valence electrons. The van der Waals surface area contributed by atoms with Gasteiger partial charge in [-0.1, -0.05) is 13.8 Å². The number of amides is 2. The maximum Gasteiger partial charge on any atom is 0.321 e. The molecule has 0 bridgehead atoms. The molecule has 0 spiro atoms. The van der Waals surface area contributed by atoms with E-state index in [-0.39, 0.29) is 18.5 Å². The van der Waals surface area contributed by atoms with Gasteiger partial charge in [0.15, 0.2) is 0 Å². The molecular formula is C14H22N4O3. The van der Waals surface area contributed by atoms with Crippen molar-refractivity contribution in [2.75, 3.05) is 18.4 Å². The van der Waals surface area contributed by atoms with E-state index in [1.54, 1.807) is 11.8 Å². The Labute approximate surface area is 123 Å². The van der Waals surface area contributed by atoms with Gasteiger partial charge in [0.2, 0.25) is 0 Å². The second kappa shape index (κ2) is 5.38. The van der Waals surface area contributed by atoms with Crippen LogP contribution in [0.4, 0.5) is 10.5 Å². The number of carbonyl (C=O) groups excluding carboxylic acids is 1. The molecule has 1 aromatic rings. The summed E-state index contributed by atoms with van der Waals surface area (Å²) in [5.74, 6) is -0.853. The topological polar surface area (TPSA) is 98.3 Å². The van der Waals surface area contributed by atoms with E-state index in [2.05, 4.69) is 15.5 Å². The number of carbonyl (C=O) groups is 2. The molecular weight excluding hydrogens is 272 g/mol. The zero-order valence-corrected chi connectivity index (χ0v) is 12.9. The van der Waals surface area contributed by atoms with Gasteiger partial charge in [-0.3, -0.25) is 9.89 Å². The number of hydrogen-bond acceptors (Lipinski definition) is 3. The predicted molar refractivity (Wildman–Crippen MR) is 78.2 cm³/mol. The first kappa shape index (κ1) is 15.3. The molecule has 7 nitrogen and oxygen atoms in total. The van der Waals surface area contributed by atoms with Crippen LogP contribution in [-0.2, 0) is 4.79 Å². The quantitative estimate of drug-likeness (QED) is 0.794. The van der Waals surface area contributed by atoms with Crippen LogP contribution in [0.15, 0.2) is 0 Å². The summed E-state index contributed by atoms with van der Waals surface area (Å²) in [6, 6.07) is -0.272. The molecule has 3 N–H and O–H groups in total. The van der Waals surface area contributed by atoms with Crippen LogP contribution in [-0.4, -0.2) is 45.3 Å². The second-order valence-corrected chi connectivity index (χ2v) is 6.03. The summed E-state index contributed by atoms with van der Waals surface area (Å²) in [5, 5.41) is 19.2. The van der Waals surface area contributed by atoms with Crippen molar-refractivity contribution in [2.24, 2.45) is 11.3 Å². The summed E-state index contributed by atoms with van der Waals surface area (Å²) < 4.78 is 0. The average Bonchev–Trinajstić information content (AvgIpc) is 2.98. The lowest BCUT2D eigenvalue weighted by Crippen LogP contribution is -2.41. The lowest BCUT2D eigenvalue weighted by atomic mass is 9.76. The molecule has 1 atom stereocenters. The van der Waals surface area contributed by atoms with E-state index in [1.165, 1.54) is 0 Å². The molecule has 0 aromatic carbocycles. The Hall–Kier alpha value is -2.05. The summed E-state index contributed by atoms with van der Waals surface area (Å²) in [6.45, 7) is 8.10. The van der Waals surface area contributed by atoms with Gasteiger partial charge < -0.3 is 15.3 Å². The van der Waals surface area contributed by atoms with E-state index in [0.717, 1.165) is 5.69 Å². The number of likely N-dealkylation sites (tertiary alicyclic amines) is 1. The molecule has 2 heterocycles. The number of aliphatic carboxylic acids is 1. The van der Waals surface area contributed by atoms with Crippen LogP contribution in [0.5, 0.6) is 0 Å². The first-order valence-electron chi connectivity index (χ1n) is 7.09. The Bertz CT molecular complexity index is 547. The first-order chi connectivity index (χ1) is 9.78. The van der Waals surface area contributed by atoms with Crippen molar-refractivity contribution in [2.45, 2.75) is 34.1 Å². The summed E-state index contributed by atoms with van der Waals surface area (Å²) in [7, 11) is 0. The van der Waals surface area contributed by atoms with Crippen LogP contribution in [0, 0.1) is 25.2 Å². The van der Waals surface area contributed by atoms with Gasteiger partial charge in [0.1, 0.15) is 0 Å². The van der Waals surface area contributed by atoms with Crippen molar-refractivity contribution in [3.8, 4) is 0 Å². The molecule has 2 rings (SSSR count). The van der Waals surface area contributed by atoms with E-state index in [1.807, 2.05) is 20.8 Å². The van der Waals surface area contributed by atoms with Crippen molar-refractivity contribution in [3.05, 3.63) is 11.4 Å². The molecule has 7 heteroatoms. The summed E-state index contributed by atoms with van der Waals surface area (Å²) >= 11 is 0. The highest BCUT2D eigenvalue weighted by Gasteiger charge is 2.48. The van der Waals surface area contributed by atoms with Gasteiger partial charge in [-0.2, -0.15) is 5.10 Å². The van der Waals surface area contributed by atoms with E-state index >= 15 is 0 Å². The number of rotatable bonds is 3. The van der Waals surface area contributed by atoms with Gasteiger partial charge in [0, 0.05) is 13.1 Å². The standard InChI is InChI=1S/C14H22N4O3/c1-8(2)14(12(19)20)5-6-18(7-14)13(21)15-11-9(3)16-17-10(11)4/h8H,5-7H2,1-4H3,(H,15,21)(H,16,17)(H,19,20). The SMILES string of the molecule is Cc1n[nH]c(C)c1NC(=O)N1CCC(C(=O)O)(C(C)C)C1. The van der Waals surface area contributed by atoms with Crippen LogP contribution in [0.25, 0.3) is 0 Å². The molecule has 1 saturated heterocycles. The molecule has 21 heavy (non-hydrogen) atoms. The number of hydrogen-bond donors (Lipinski definition) is 3. The first-order valence-corrected chi connectivity index (χ1v) is 7.09. The molecule has 0 aliphatic carbocycles. The third-order valence-electron chi connectivity index (χ3n) is 4.48. The lowest BCUT2D eigenvalue weighted by molar-refractivity contribution is -0.150. The molecule has 1 aliphatic heterocycles. The van der Waals surface area contributed by atoms with E-state index in [4.69, 9.17) is 0 Å². The molecule has 2 amide bonds. The minimum Gasteiger partial charge on any atom is -0.481 e. The van der Waals surface area contributed by atoms with Gasteiger partial charge in [-0.05, 0) is 26.2 Å². The number of carboxylic acid groups (broad SMARTS) is 1. The van der Waals surface area contributed by atoms with Crippen LogP contribution in [0.2, 0.25) is 0 Å². The zero-order chi connectivity index (χ0) is 15.8. The lowest BCUT2D eigenvalue weighted by Gasteiger charge is -2.28. The number of aryl methyl sites for hydroxylation is 2. The monoisotopic (exact) mass is 294 g/mol. The number of H-pyrrole nitrogens is 1. The fourth-order valence-electron chi connectivity index (χ4n) is 2.82. The van der Waals surface area contributed by atoms with Crippen LogP contribution < -0.4 is 5.32 Å². The van der Waals surface area contributed by atoms with Gasteiger partial charge >= 0.3 is 12.0 Å². The number of urea groups is 1. The van der Waals surface area contributed by atoms with E-state index < -0.39 is 11.4 Å². The maximum atomic E-state index is 12.3. The minimum absolute atomic E-state index is 0.0230. The largest absolute Gasteiger partial charge is 0.481 e. The highest BCUT2D eigenvalue weighted by molar-refractivity contribution is 5.91. The Balaban J connectivity index is 2.11. The van der Waals surface area contributed by atoms with Crippen LogP contribution >= 0.6 is 0 Å². The third-order valence-corrected chi connectivity index (χ3v) is 4.48. The fourth-order valence-corrected chi connectivity index (χ4v) is 2.82. The average molecular weight is 294 g/mol. The molecule has 0 saturated carbocycles. The van der Waals surface area contributed by atoms with Gasteiger partial charge in [0.25, 0.3) is 0 Å². The Morgan fingerprint density at radius 3 is 2.52 bits per heavy atom. The number of carboxylic acids is 1. The Morgan fingerprint density at radius 2 is 2.10 bits per heavy atom. The minimum atomic E-state index is -0.849. The smallest absolute Gasteiger partial charge is 0.321 e. The number of nitrogens with one attached hydrogen (secondary N) is 2. The van der Waals surface area contributed by atoms with Crippen molar-refractivity contribution < 1.29 is 14.7 Å². The van der Waals surface area contributed by atoms with Gasteiger partial charge in [-0.25, -0.2) is 4.79 Å². The van der Waals surface area contributed by atoms with Crippen molar-refractivity contribution in [1.29, 1.82) is 0 Å². The normalized spacial score (nSPS) is 21.9. The number of anilines is 1. The number of aromatic nitrogens is 2. The molecule has 1 aliphatic rings. The summed E-state index contributed by atoms with van der Waals surface area (Å²) in [6.07, 6.45) is 0.483. The van der Waals surface area contributed by atoms with Crippen molar-refractivity contribution in [3.63, 3.8) is 0 Å². The molecule has 1 aromatic heterocycles. The number of aromatic amines is 1.